The maximum Gasteiger partial charge on any atom is 0.0595 e. The molecule has 1 rings (SSSR count). The third kappa shape index (κ3) is 5.29. The van der Waals surface area contributed by atoms with Crippen LogP contribution < -0.4 is 5.32 Å². The van der Waals surface area contributed by atoms with Crippen molar-refractivity contribution >= 4 is 23.2 Å². The van der Waals surface area contributed by atoms with Crippen LogP contribution in [0.1, 0.15) is 38.2 Å². The van der Waals surface area contributed by atoms with Crippen LogP contribution in [-0.2, 0) is 6.42 Å². The summed E-state index contributed by atoms with van der Waals surface area (Å²) in [7, 11) is 2.04. The molecule has 1 N–H and O–H groups in total. The molecular weight excluding hydrogens is 253 g/mol. The zero-order valence-corrected chi connectivity index (χ0v) is 12.1. The van der Waals surface area contributed by atoms with E-state index in [-0.39, 0.29) is 0 Å². The molecule has 0 aromatic heterocycles. The van der Waals surface area contributed by atoms with E-state index in [1.165, 1.54) is 31.2 Å². The molecule has 0 aliphatic rings. The molecule has 1 aromatic rings. The second kappa shape index (κ2) is 7.97. The van der Waals surface area contributed by atoms with Gasteiger partial charge in [0.15, 0.2) is 0 Å². The highest BCUT2D eigenvalue weighted by Gasteiger charge is 2.05. The van der Waals surface area contributed by atoms with Crippen molar-refractivity contribution in [2.75, 3.05) is 7.05 Å². The minimum atomic E-state index is 0.634. The molecular formula is C14H21Cl2N. The molecule has 1 unspecified atom stereocenters. The molecule has 0 fully saturated rings. The number of nitrogens with one attached hydrogen (secondary N) is 1. The first-order valence-corrected chi connectivity index (χ1v) is 7.04. The topological polar surface area (TPSA) is 12.0 Å². The van der Waals surface area contributed by atoms with Crippen LogP contribution in [0.3, 0.4) is 0 Å². The van der Waals surface area contributed by atoms with Crippen LogP contribution >= 0.6 is 23.2 Å². The highest BCUT2D eigenvalue weighted by molar-refractivity contribution is 6.42. The van der Waals surface area contributed by atoms with E-state index in [1.54, 1.807) is 0 Å². The van der Waals surface area contributed by atoms with Crippen molar-refractivity contribution in [1.82, 2.24) is 5.32 Å². The lowest BCUT2D eigenvalue weighted by Gasteiger charge is -2.14. The van der Waals surface area contributed by atoms with Gasteiger partial charge in [0.25, 0.3) is 0 Å². The monoisotopic (exact) mass is 273 g/mol. The molecule has 0 radical (unpaired) electrons. The maximum atomic E-state index is 5.99. The Bertz CT molecular complexity index is 339. The van der Waals surface area contributed by atoms with Gasteiger partial charge in [-0.15, -0.1) is 0 Å². The molecule has 0 aliphatic heterocycles. The molecule has 0 saturated heterocycles. The quantitative estimate of drug-likeness (QED) is 0.759. The van der Waals surface area contributed by atoms with Gasteiger partial charge in [-0.2, -0.15) is 0 Å². The van der Waals surface area contributed by atoms with E-state index in [4.69, 9.17) is 23.2 Å². The Hall–Kier alpha value is -0.240. The zero-order chi connectivity index (χ0) is 12.7. The summed E-state index contributed by atoms with van der Waals surface area (Å²) in [6, 6.07) is 6.55. The van der Waals surface area contributed by atoms with Gasteiger partial charge in [-0.05, 0) is 50.4 Å². The van der Waals surface area contributed by atoms with Gasteiger partial charge in [0.2, 0.25) is 0 Å². The predicted molar refractivity (Wildman–Crippen MR) is 77.2 cm³/mol. The van der Waals surface area contributed by atoms with Gasteiger partial charge in [0, 0.05) is 6.04 Å². The van der Waals surface area contributed by atoms with Crippen LogP contribution in [0.15, 0.2) is 18.2 Å². The lowest BCUT2D eigenvalue weighted by atomic mass is 10.0. The van der Waals surface area contributed by atoms with E-state index < -0.39 is 0 Å². The number of hydrogen-bond acceptors (Lipinski definition) is 1. The van der Waals surface area contributed by atoms with Gasteiger partial charge >= 0.3 is 0 Å². The standard InChI is InChI=1S/C14H21Cl2N/c1-3-5-12(17-2)7-4-6-11-8-9-13(15)14(16)10-11/h8-10,12,17H,3-7H2,1-2H3. The average molecular weight is 274 g/mol. The molecule has 0 amide bonds. The van der Waals surface area contributed by atoms with E-state index in [9.17, 15) is 0 Å². The lowest BCUT2D eigenvalue weighted by molar-refractivity contribution is 0.470. The molecule has 3 heteroatoms. The maximum absolute atomic E-state index is 5.99. The van der Waals surface area contributed by atoms with Crippen LogP contribution in [0, 0.1) is 0 Å². The van der Waals surface area contributed by atoms with Gasteiger partial charge in [0.1, 0.15) is 0 Å². The zero-order valence-electron chi connectivity index (χ0n) is 10.6. The van der Waals surface area contributed by atoms with Gasteiger partial charge in [-0.3, -0.25) is 0 Å². The summed E-state index contributed by atoms with van der Waals surface area (Å²) in [4.78, 5) is 0. The van der Waals surface area contributed by atoms with E-state index in [1.807, 2.05) is 19.2 Å². The second-order valence-electron chi connectivity index (χ2n) is 4.41. The minimum Gasteiger partial charge on any atom is -0.317 e. The molecule has 1 atom stereocenters. The number of hydrogen-bond donors (Lipinski definition) is 1. The SMILES string of the molecule is CCCC(CCCc1ccc(Cl)c(Cl)c1)NC. The van der Waals surface area contributed by atoms with Crippen molar-refractivity contribution in [3.05, 3.63) is 33.8 Å². The van der Waals surface area contributed by atoms with E-state index in [0.29, 0.717) is 16.1 Å². The summed E-state index contributed by atoms with van der Waals surface area (Å²) in [5.74, 6) is 0. The Balaban J connectivity index is 2.37. The van der Waals surface area contributed by atoms with Gasteiger partial charge < -0.3 is 5.32 Å². The molecule has 1 aromatic carbocycles. The van der Waals surface area contributed by atoms with Crippen LogP contribution in [0.25, 0.3) is 0 Å². The van der Waals surface area contributed by atoms with Crippen LogP contribution in [-0.4, -0.2) is 13.1 Å². The summed E-state index contributed by atoms with van der Waals surface area (Å²) < 4.78 is 0. The fraction of sp³-hybridized carbons (Fsp3) is 0.571. The summed E-state index contributed by atoms with van der Waals surface area (Å²) >= 11 is 11.9. The minimum absolute atomic E-state index is 0.634. The number of benzene rings is 1. The first-order chi connectivity index (χ1) is 8.17. The summed E-state index contributed by atoms with van der Waals surface area (Å²) in [6.07, 6.45) is 5.95. The van der Waals surface area contributed by atoms with Crippen molar-refractivity contribution < 1.29 is 0 Å². The molecule has 0 saturated carbocycles. The summed E-state index contributed by atoms with van der Waals surface area (Å²) in [6.45, 7) is 2.23. The Morgan fingerprint density at radius 3 is 2.53 bits per heavy atom. The third-order valence-electron chi connectivity index (χ3n) is 3.05. The highest BCUT2D eigenvalue weighted by atomic mass is 35.5. The Morgan fingerprint density at radius 2 is 1.94 bits per heavy atom. The Kier molecular flexibility index (Phi) is 6.94. The summed E-state index contributed by atoms with van der Waals surface area (Å²) in [5.41, 5.74) is 1.27. The average Bonchev–Trinajstić information content (AvgIpc) is 2.32. The Labute approximate surface area is 115 Å². The van der Waals surface area contributed by atoms with Crippen molar-refractivity contribution in [1.29, 1.82) is 0 Å². The second-order valence-corrected chi connectivity index (χ2v) is 5.23. The van der Waals surface area contributed by atoms with Gasteiger partial charge in [0.05, 0.1) is 10.0 Å². The number of rotatable bonds is 7. The number of halogens is 2. The predicted octanol–water partition coefficient (Wildman–Crippen LogP) is 4.70. The van der Waals surface area contributed by atoms with Crippen LogP contribution in [0.2, 0.25) is 10.0 Å². The van der Waals surface area contributed by atoms with Crippen molar-refractivity contribution in [3.63, 3.8) is 0 Å². The largest absolute Gasteiger partial charge is 0.317 e. The molecule has 0 heterocycles. The van der Waals surface area contributed by atoms with Crippen molar-refractivity contribution in [2.24, 2.45) is 0 Å². The van der Waals surface area contributed by atoms with E-state index in [2.05, 4.69) is 18.3 Å². The van der Waals surface area contributed by atoms with Crippen LogP contribution in [0.5, 0.6) is 0 Å². The highest BCUT2D eigenvalue weighted by Crippen LogP contribution is 2.23. The lowest BCUT2D eigenvalue weighted by Crippen LogP contribution is -2.24. The molecule has 17 heavy (non-hydrogen) atoms. The smallest absolute Gasteiger partial charge is 0.0595 e. The fourth-order valence-corrected chi connectivity index (χ4v) is 2.35. The van der Waals surface area contributed by atoms with Gasteiger partial charge in [-0.25, -0.2) is 0 Å². The molecule has 1 nitrogen and oxygen atoms in total. The Morgan fingerprint density at radius 1 is 1.18 bits per heavy atom. The summed E-state index contributed by atoms with van der Waals surface area (Å²) in [5, 5.41) is 4.65. The molecule has 0 aliphatic carbocycles. The first-order valence-electron chi connectivity index (χ1n) is 6.28. The normalized spacial score (nSPS) is 12.7. The van der Waals surface area contributed by atoms with E-state index in [0.717, 1.165) is 6.42 Å². The molecule has 0 bridgehead atoms. The number of aryl methyl sites for hydroxylation is 1. The van der Waals surface area contributed by atoms with E-state index >= 15 is 0 Å². The third-order valence-corrected chi connectivity index (χ3v) is 3.79. The molecule has 96 valence electrons. The first kappa shape index (κ1) is 14.8. The van der Waals surface area contributed by atoms with Gasteiger partial charge in [-0.1, -0.05) is 42.6 Å². The van der Waals surface area contributed by atoms with Crippen molar-refractivity contribution in [2.45, 2.75) is 45.1 Å². The van der Waals surface area contributed by atoms with Crippen molar-refractivity contribution in [3.8, 4) is 0 Å². The fourth-order valence-electron chi connectivity index (χ4n) is 2.03. The van der Waals surface area contributed by atoms with Crippen LogP contribution in [0.4, 0.5) is 0 Å². The molecule has 0 spiro atoms.